The zero-order valence-electron chi connectivity index (χ0n) is 12.3. The lowest BCUT2D eigenvalue weighted by atomic mass is 10.1. The average molecular weight is 323 g/mol. The first kappa shape index (κ1) is 17.5. The standard InChI is InChI=1S/C12H21NO5S2/c1-12(2)13(3)9(8-19-12)10(18-20(5,15)16)6-7-11(14)17-4/h6-7,9-10H,8H2,1-5H3/b7-6+/t9-,10+/m0/s1. The zero-order valence-corrected chi connectivity index (χ0v) is 14.0. The van der Waals surface area contributed by atoms with Gasteiger partial charge in [-0.25, -0.2) is 4.79 Å². The normalized spacial score (nSPS) is 24.9. The van der Waals surface area contributed by atoms with Gasteiger partial charge >= 0.3 is 5.97 Å². The molecule has 0 unspecified atom stereocenters. The summed E-state index contributed by atoms with van der Waals surface area (Å²) in [6, 6.07) is -0.134. The highest BCUT2D eigenvalue weighted by atomic mass is 32.2. The Morgan fingerprint density at radius 3 is 2.50 bits per heavy atom. The SMILES string of the molecule is COC(=O)/C=C/[C@@H](OS(C)(=O)=O)[C@@H]1CSC(C)(C)N1C. The number of carbonyl (C=O) groups is 1. The molecule has 0 aromatic heterocycles. The summed E-state index contributed by atoms with van der Waals surface area (Å²) in [5, 5.41) is 0. The zero-order chi connectivity index (χ0) is 15.6. The Morgan fingerprint density at radius 1 is 1.50 bits per heavy atom. The molecule has 116 valence electrons. The monoisotopic (exact) mass is 323 g/mol. The molecule has 8 heteroatoms. The summed E-state index contributed by atoms with van der Waals surface area (Å²) < 4.78 is 32.4. The third kappa shape index (κ3) is 4.76. The summed E-state index contributed by atoms with van der Waals surface area (Å²) >= 11 is 1.71. The summed E-state index contributed by atoms with van der Waals surface area (Å²) in [5.74, 6) is 0.175. The van der Waals surface area contributed by atoms with E-state index in [4.69, 9.17) is 4.18 Å². The smallest absolute Gasteiger partial charge is 0.330 e. The molecule has 1 aliphatic heterocycles. The summed E-state index contributed by atoms with van der Waals surface area (Å²) in [6.07, 6.45) is 2.91. The van der Waals surface area contributed by atoms with Crippen molar-refractivity contribution in [1.29, 1.82) is 0 Å². The molecule has 1 rings (SSSR count). The van der Waals surface area contributed by atoms with E-state index >= 15 is 0 Å². The predicted molar refractivity (Wildman–Crippen MR) is 79.0 cm³/mol. The molecule has 0 bridgehead atoms. The van der Waals surface area contributed by atoms with E-state index in [1.165, 1.54) is 19.3 Å². The summed E-state index contributed by atoms with van der Waals surface area (Å²) in [4.78, 5) is 13.1. The van der Waals surface area contributed by atoms with Crippen LogP contribution in [-0.4, -0.2) is 62.5 Å². The molecule has 1 aliphatic rings. The lowest BCUT2D eigenvalue weighted by Crippen LogP contribution is -2.46. The van der Waals surface area contributed by atoms with Crippen LogP contribution in [0.15, 0.2) is 12.2 Å². The van der Waals surface area contributed by atoms with Gasteiger partial charge in [0, 0.05) is 11.8 Å². The second-order valence-electron chi connectivity index (χ2n) is 5.08. The molecule has 0 radical (unpaired) electrons. The average Bonchev–Trinajstić information content (AvgIpc) is 2.58. The second kappa shape index (κ2) is 6.46. The summed E-state index contributed by atoms with van der Waals surface area (Å²) in [7, 11) is -0.440. The fourth-order valence-electron chi connectivity index (χ4n) is 1.89. The van der Waals surface area contributed by atoms with Gasteiger partial charge in [0.15, 0.2) is 0 Å². The van der Waals surface area contributed by atoms with Crippen LogP contribution in [0.2, 0.25) is 0 Å². The van der Waals surface area contributed by atoms with Crippen LogP contribution in [0.25, 0.3) is 0 Å². The number of carbonyl (C=O) groups excluding carboxylic acids is 1. The maximum absolute atomic E-state index is 11.4. The van der Waals surface area contributed by atoms with Gasteiger partial charge < -0.3 is 4.74 Å². The van der Waals surface area contributed by atoms with Crippen LogP contribution in [0.4, 0.5) is 0 Å². The highest BCUT2D eigenvalue weighted by Crippen LogP contribution is 2.39. The Bertz CT molecular complexity index is 486. The van der Waals surface area contributed by atoms with Gasteiger partial charge in [-0.05, 0) is 27.0 Å². The molecule has 1 fully saturated rings. The fraction of sp³-hybridized carbons (Fsp3) is 0.750. The van der Waals surface area contributed by atoms with E-state index in [1.54, 1.807) is 11.8 Å². The Kier molecular flexibility index (Phi) is 5.65. The first-order valence-corrected chi connectivity index (χ1v) is 8.88. The van der Waals surface area contributed by atoms with Gasteiger partial charge in [0.1, 0.15) is 6.10 Å². The van der Waals surface area contributed by atoms with Gasteiger partial charge in [-0.1, -0.05) is 0 Å². The molecule has 0 N–H and O–H groups in total. The molecule has 1 saturated heterocycles. The van der Waals surface area contributed by atoms with Crippen molar-refractivity contribution in [2.45, 2.75) is 30.9 Å². The number of hydrogen-bond acceptors (Lipinski definition) is 7. The number of hydrogen-bond donors (Lipinski definition) is 0. The topological polar surface area (TPSA) is 72.9 Å². The van der Waals surface area contributed by atoms with Crippen molar-refractivity contribution >= 4 is 27.8 Å². The van der Waals surface area contributed by atoms with Crippen molar-refractivity contribution < 1.29 is 22.1 Å². The molecule has 1 heterocycles. The van der Waals surface area contributed by atoms with Gasteiger partial charge in [0.2, 0.25) is 0 Å². The molecule has 0 aliphatic carbocycles. The highest BCUT2D eigenvalue weighted by Gasteiger charge is 2.42. The molecular weight excluding hydrogens is 302 g/mol. The maximum atomic E-state index is 11.4. The van der Waals surface area contributed by atoms with Crippen LogP contribution in [0, 0.1) is 0 Å². The van der Waals surface area contributed by atoms with Crippen LogP contribution in [0.3, 0.4) is 0 Å². The molecule has 2 atom stereocenters. The molecule has 0 spiro atoms. The number of thioether (sulfide) groups is 1. The van der Waals surface area contributed by atoms with Gasteiger partial charge in [-0.3, -0.25) is 9.08 Å². The van der Waals surface area contributed by atoms with Crippen molar-refractivity contribution in [2.24, 2.45) is 0 Å². The lowest BCUT2D eigenvalue weighted by Gasteiger charge is -2.33. The van der Waals surface area contributed by atoms with Gasteiger partial charge in [0.05, 0.1) is 24.3 Å². The van der Waals surface area contributed by atoms with E-state index in [0.717, 1.165) is 12.0 Å². The molecule has 0 aromatic carbocycles. The number of methoxy groups -OCH3 is 1. The number of nitrogens with zero attached hydrogens (tertiary/aromatic N) is 1. The quantitative estimate of drug-likeness (QED) is 0.422. The molecule has 0 aromatic rings. The van der Waals surface area contributed by atoms with E-state index in [9.17, 15) is 13.2 Å². The van der Waals surface area contributed by atoms with E-state index in [2.05, 4.69) is 23.5 Å². The van der Waals surface area contributed by atoms with Crippen LogP contribution in [-0.2, 0) is 23.8 Å². The van der Waals surface area contributed by atoms with Crippen molar-refractivity contribution in [1.82, 2.24) is 4.90 Å². The van der Waals surface area contributed by atoms with Gasteiger partial charge in [-0.15, -0.1) is 11.8 Å². The number of ether oxygens (including phenoxy) is 1. The molecule has 20 heavy (non-hydrogen) atoms. The summed E-state index contributed by atoms with van der Waals surface area (Å²) in [6.45, 7) is 4.11. The van der Waals surface area contributed by atoms with Crippen LogP contribution < -0.4 is 0 Å². The largest absolute Gasteiger partial charge is 0.466 e. The minimum atomic E-state index is -3.62. The molecular formula is C12H21NO5S2. The lowest BCUT2D eigenvalue weighted by molar-refractivity contribution is -0.134. The van der Waals surface area contributed by atoms with Crippen molar-refractivity contribution in [2.75, 3.05) is 26.2 Å². The van der Waals surface area contributed by atoms with Crippen LogP contribution in [0.1, 0.15) is 13.8 Å². The first-order valence-electron chi connectivity index (χ1n) is 6.08. The van der Waals surface area contributed by atoms with Crippen molar-refractivity contribution in [3.05, 3.63) is 12.2 Å². The van der Waals surface area contributed by atoms with Crippen LogP contribution >= 0.6 is 11.8 Å². The van der Waals surface area contributed by atoms with Crippen molar-refractivity contribution in [3.63, 3.8) is 0 Å². The Hall–Kier alpha value is -0.570. The number of rotatable bonds is 5. The third-order valence-corrected chi connectivity index (χ3v) is 5.32. The van der Waals surface area contributed by atoms with Gasteiger partial charge in [0.25, 0.3) is 10.1 Å². The van der Waals surface area contributed by atoms with Crippen molar-refractivity contribution in [3.8, 4) is 0 Å². The third-order valence-electron chi connectivity index (χ3n) is 3.24. The Labute approximate surface area is 124 Å². The van der Waals surface area contributed by atoms with E-state index in [0.29, 0.717) is 0 Å². The summed E-state index contributed by atoms with van der Waals surface area (Å²) in [5.41, 5.74) is 0. The number of esters is 1. The molecule has 6 nitrogen and oxygen atoms in total. The second-order valence-corrected chi connectivity index (χ2v) is 8.31. The molecule has 0 saturated carbocycles. The van der Waals surface area contributed by atoms with E-state index < -0.39 is 22.2 Å². The fourth-order valence-corrected chi connectivity index (χ4v) is 3.81. The van der Waals surface area contributed by atoms with E-state index in [-0.39, 0.29) is 10.9 Å². The highest BCUT2D eigenvalue weighted by molar-refractivity contribution is 8.00. The minimum Gasteiger partial charge on any atom is -0.466 e. The van der Waals surface area contributed by atoms with Crippen LogP contribution in [0.5, 0.6) is 0 Å². The Morgan fingerprint density at radius 2 is 2.10 bits per heavy atom. The predicted octanol–water partition coefficient (Wildman–Crippen LogP) is 0.844. The van der Waals surface area contributed by atoms with E-state index in [1.807, 2.05) is 7.05 Å². The maximum Gasteiger partial charge on any atom is 0.330 e. The minimum absolute atomic E-state index is 0.108. The first-order chi connectivity index (χ1) is 9.07. The molecule has 0 amide bonds. The Balaban J connectivity index is 2.94. The number of likely N-dealkylation sites (N-methyl/N-ethyl adjacent to an activating group) is 1. The van der Waals surface area contributed by atoms with Gasteiger partial charge in [-0.2, -0.15) is 8.42 Å².